The molecule has 5 heteroatoms. The zero-order chi connectivity index (χ0) is 18.5. The second-order valence-electron chi connectivity index (χ2n) is 6.01. The minimum absolute atomic E-state index is 0.136. The van der Waals surface area contributed by atoms with Crippen LogP contribution in [0.25, 0.3) is 10.9 Å². The van der Waals surface area contributed by atoms with E-state index >= 15 is 0 Å². The summed E-state index contributed by atoms with van der Waals surface area (Å²) in [5, 5.41) is 3.87. The van der Waals surface area contributed by atoms with E-state index in [1.54, 1.807) is 18.5 Å². The van der Waals surface area contributed by atoms with Crippen molar-refractivity contribution in [1.82, 2.24) is 15.3 Å². The summed E-state index contributed by atoms with van der Waals surface area (Å²) in [6.07, 6.45) is 3.40. The van der Waals surface area contributed by atoms with E-state index in [2.05, 4.69) is 15.3 Å². The summed E-state index contributed by atoms with van der Waals surface area (Å²) in [5.74, 6) is 1.07. The zero-order valence-electron chi connectivity index (χ0n) is 14.5. The fraction of sp³-hybridized carbons (Fsp3) is 0.0455. The molecule has 5 nitrogen and oxygen atoms in total. The Morgan fingerprint density at radius 2 is 1.78 bits per heavy atom. The molecule has 1 amide bonds. The van der Waals surface area contributed by atoms with Crippen molar-refractivity contribution in [1.29, 1.82) is 0 Å². The van der Waals surface area contributed by atoms with Gasteiger partial charge in [-0.25, -0.2) is 4.98 Å². The summed E-state index contributed by atoms with van der Waals surface area (Å²) in [6.45, 7) is 0.386. The lowest BCUT2D eigenvalue weighted by Crippen LogP contribution is -2.22. The van der Waals surface area contributed by atoms with E-state index in [1.807, 2.05) is 66.7 Å². The molecule has 4 aromatic rings. The van der Waals surface area contributed by atoms with Crippen LogP contribution in [-0.2, 0) is 6.54 Å². The van der Waals surface area contributed by atoms with Crippen molar-refractivity contribution in [2.24, 2.45) is 0 Å². The number of aromatic nitrogens is 2. The molecule has 0 aliphatic rings. The quantitative estimate of drug-likeness (QED) is 0.578. The molecule has 0 radical (unpaired) electrons. The largest absolute Gasteiger partial charge is 0.439 e. The van der Waals surface area contributed by atoms with E-state index in [-0.39, 0.29) is 5.91 Å². The van der Waals surface area contributed by atoms with Crippen LogP contribution in [0.3, 0.4) is 0 Å². The van der Waals surface area contributed by atoms with Gasteiger partial charge in [0.1, 0.15) is 5.75 Å². The minimum Gasteiger partial charge on any atom is -0.439 e. The van der Waals surface area contributed by atoms with E-state index in [1.165, 1.54) is 0 Å². The van der Waals surface area contributed by atoms with Crippen molar-refractivity contribution >= 4 is 16.8 Å². The fourth-order valence-corrected chi connectivity index (χ4v) is 2.73. The Kier molecular flexibility index (Phi) is 4.74. The number of amides is 1. The highest BCUT2D eigenvalue weighted by molar-refractivity contribution is 5.97. The molecular formula is C22H17N3O2. The smallest absolute Gasteiger partial charge is 0.251 e. The predicted octanol–water partition coefficient (Wildman–Crippen LogP) is 4.35. The van der Waals surface area contributed by atoms with E-state index in [0.717, 1.165) is 22.2 Å². The fourth-order valence-electron chi connectivity index (χ4n) is 2.73. The first-order chi connectivity index (χ1) is 13.3. The maximum Gasteiger partial charge on any atom is 0.251 e. The summed E-state index contributed by atoms with van der Waals surface area (Å²) in [7, 11) is 0. The van der Waals surface area contributed by atoms with Crippen molar-refractivity contribution < 1.29 is 9.53 Å². The summed E-state index contributed by atoms with van der Waals surface area (Å²) < 4.78 is 5.73. The third-order valence-electron chi connectivity index (χ3n) is 4.08. The number of para-hydroxylation sites is 1. The summed E-state index contributed by atoms with van der Waals surface area (Å²) in [5.41, 5.74) is 2.38. The maximum absolute atomic E-state index is 12.5. The Morgan fingerprint density at radius 3 is 2.67 bits per heavy atom. The first-order valence-corrected chi connectivity index (χ1v) is 8.59. The van der Waals surface area contributed by atoms with Gasteiger partial charge in [0.15, 0.2) is 0 Å². The number of nitrogens with zero attached hydrogens (tertiary/aromatic N) is 2. The molecule has 2 heterocycles. The molecule has 2 aromatic carbocycles. The Labute approximate surface area is 156 Å². The lowest BCUT2D eigenvalue weighted by atomic mass is 10.1. The number of rotatable bonds is 5. The van der Waals surface area contributed by atoms with Crippen molar-refractivity contribution in [3.8, 4) is 11.6 Å². The second kappa shape index (κ2) is 7.66. The van der Waals surface area contributed by atoms with Gasteiger partial charge < -0.3 is 10.1 Å². The van der Waals surface area contributed by atoms with Gasteiger partial charge in [-0.2, -0.15) is 0 Å². The monoisotopic (exact) mass is 355 g/mol. The van der Waals surface area contributed by atoms with Gasteiger partial charge in [-0.3, -0.25) is 9.78 Å². The maximum atomic E-state index is 12.5. The zero-order valence-corrected chi connectivity index (χ0v) is 14.5. The number of ether oxygens (including phenoxy) is 1. The van der Waals surface area contributed by atoms with Crippen molar-refractivity contribution in [3.63, 3.8) is 0 Å². The normalized spacial score (nSPS) is 10.5. The third kappa shape index (κ3) is 4.10. The number of pyridine rings is 2. The molecule has 2 aromatic heterocycles. The SMILES string of the molecule is O=C(NCc1ccnc(Oc2ccccc2)c1)c1ccc2ncccc2c1. The average molecular weight is 355 g/mol. The van der Waals surface area contributed by atoms with Crippen molar-refractivity contribution in [2.45, 2.75) is 6.54 Å². The third-order valence-corrected chi connectivity index (χ3v) is 4.08. The van der Waals surface area contributed by atoms with Crippen LogP contribution in [0.1, 0.15) is 15.9 Å². The van der Waals surface area contributed by atoms with Crippen LogP contribution in [0.5, 0.6) is 11.6 Å². The van der Waals surface area contributed by atoms with Crippen molar-refractivity contribution in [3.05, 3.63) is 96.3 Å². The molecule has 0 unspecified atom stereocenters. The van der Waals surface area contributed by atoms with Gasteiger partial charge in [0.2, 0.25) is 5.88 Å². The standard InChI is InChI=1S/C22H17N3O2/c26-22(18-8-9-20-17(14-18)5-4-11-23-20)25-15-16-10-12-24-21(13-16)27-19-6-2-1-3-7-19/h1-14H,15H2,(H,25,26). The lowest BCUT2D eigenvalue weighted by molar-refractivity contribution is 0.0951. The van der Waals surface area contributed by atoms with Gasteiger partial charge in [-0.1, -0.05) is 24.3 Å². The molecule has 0 atom stereocenters. The van der Waals surface area contributed by atoms with Gasteiger partial charge in [-0.15, -0.1) is 0 Å². The minimum atomic E-state index is -0.136. The molecule has 0 fully saturated rings. The van der Waals surface area contributed by atoms with Gasteiger partial charge in [0.05, 0.1) is 5.52 Å². The first kappa shape index (κ1) is 16.7. The number of carbonyl (C=O) groups is 1. The number of nitrogens with one attached hydrogen (secondary N) is 1. The Morgan fingerprint density at radius 1 is 0.889 bits per heavy atom. The first-order valence-electron chi connectivity index (χ1n) is 8.59. The van der Waals surface area contributed by atoms with Gasteiger partial charge in [-0.05, 0) is 48.0 Å². The topological polar surface area (TPSA) is 64.1 Å². The summed E-state index contributed by atoms with van der Waals surface area (Å²) >= 11 is 0. The highest BCUT2D eigenvalue weighted by atomic mass is 16.5. The molecule has 132 valence electrons. The molecule has 0 saturated carbocycles. The average Bonchev–Trinajstić information content (AvgIpc) is 2.73. The van der Waals surface area contributed by atoms with E-state index < -0.39 is 0 Å². The number of benzene rings is 2. The predicted molar refractivity (Wildman–Crippen MR) is 104 cm³/mol. The molecule has 0 saturated heterocycles. The Hall–Kier alpha value is -3.73. The Balaban J connectivity index is 1.43. The molecule has 0 aliphatic carbocycles. The number of carbonyl (C=O) groups excluding carboxylic acids is 1. The molecule has 0 bridgehead atoms. The molecule has 1 N–H and O–H groups in total. The molecule has 4 rings (SSSR count). The van der Waals surface area contributed by atoms with Crippen LogP contribution in [0.15, 0.2) is 85.2 Å². The van der Waals surface area contributed by atoms with E-state index in [0.29, 0.717) is 18.0 Å². The van der Waals surface area contributed by atoms with E-state index in [4.69, 9.17) is 4.74 Å². The lowest BCUT2D eigenvalue weighted by Gasteiger charge is -2.08. The van der Waals surface area contributed by atoms with Gasteiger partial charge in [0.25, 0.3) is 5.91 Å². The van der Waals surface area contributed by atoms with Crippen LogP contribution < -0.4 is 10.1 Å². The van der Waals surface area contributed by atoms with Crippen LogP contribution in [0, 0.1) is 0 Å². The summed E-state index contributed by atoms with van der Waals surface area (Å²) in [4.78, 5) is 20.9. The van der Waals surface area contributed by atoms with Crippen LogP contribution in [0.2, 0.25) is 0 Å². The highest BCUT2D eigenvalue weighted by Gasteiger charge is 2.07. The van der Waals surface area contributed by atoms with Crippen LogP contribution in [0.4, 0.5) is 0 Å². The molecule has 0 spiro atoms. The number of hydrogen-bond donors (Lipinski definition) is 1. The van der Waals surface area contributed by atoms with Gasteiger partial charge in [0, 0.05) is 36.0 Å². The highest BCUT2D eigenvalue weighted by Crippen LogP contribution is 2.19. The Bertz CT molecular complexity index is 1080. The summed E-state index contributed by atoms with van der Waals surface area (Å²) in [6, 6.07) is 22.4. The van der Waals surface area contributed by atoms with Crippen molar-refractivity contribution in [2.75, 3.05) is 0 Å². The molecule has 0 aliphatic heterocycles. The second-order valence-corrected chi connectivity index (χ2v) is 6.01. The van der Waals surface area contributed by atoms with E-state index in [9.17, 15) is 4.79 Å². The van der Waals surface area contributed by atoms with Crippen LogP contribution in [-0.4, -0.2) is 15.9 Å². The molecular weight excluding hydrogens is 338 g/mol. The number of hydrogen-bond acceptors (Lipinski definition) is 4. The number of fused-ring (bicyclic) bond motifs is 1. The molecule has 27 heavy (non-hydrogen) atoms. The van der Waals surface area contributed by atoms with Crippen LogP contribution >= 0.6 is 0 Å². The van der Waals surface area contributed by atoms with Gasteiger partial charge >= 0.3 is 0 Å².